The van der Waals surface area contributed by atoms with Crippen LogP contribution in [-0.2, 0) is 10.0 Å². The summed E-state index contributed by atoms with van der Waals surface area (Å²) in [5.41, 5.74) is 0.633. The Balaban J connectivity index is 2.34. The van der Waals surface area contributed by atoms with E-state index in [4.69, 9.17) is 0 Å². The van der Waals surface area contributed by atoms with Gasteiger partial charge in [-0.15, -0.1) is 0 Å². The summed E-state index contributed by atoms with van der Waals surface area (Å²) in [5, 5.41) is 9.57. The van der Waals surface area contributed by atoms with E-state index >= 15 is 0 Å². The van der Waals surface area contributed by atoms with Crippen LogP contribution in [0.3, 0.4) is 0 Å². The van der Waals surface area contributed by atoms with Crippen molar-refractivity contribution in [3.05, 3.63) is 29.8 Å². The van der Waals surface area contributed by atoms with Crippen molar-refractivity contribution < 1.29 is 13.5 Å². The second kappa shape index (κ2) is 5.61. The van der Waals surface area contributed by atoms with Gasteiger partial charge in [-0.3, -0.25) is 0 Å². The Labute approximate surface area is 115 Å². The molecule has 5 heteroatoms. The summed E-state index contributed by atoms with van der Waals surface area (Å²) in [6.45, 7) is 4.18. The minimum Gasteiger partial charge on any atom is -0.389 e. The summed E-state index contributed by atoms with van der Waals surface area (Å²) >= 11 is 0. The van der Waals surface area contributed by atoms with Gasteiger partial charge in [-0.25, -0.2) is 8.42 Å². The Hall–Kier alpha value is -0.910. The van der Waals surface area contributed by atoms with Gasteiger partial charge >= 0.3 is 0 Å². The molecule has 1 aromatic carbocycles. The van der Waals surface area contributed by atoms with Crippen molar-refractivity contribution in [3.63, 3.8) is 0 Å². The monoisotopic (exact) mass is 283 g/mol. The molecule has 1 unspecified atom stereocenters. The molecule has 1 aliphatic rings. The molecule has 106 valence electrons. The molecule has 1 aromatic rings. The van der Waals surface area contributed by atoms with Crippen LogP contribution in [0.25, 0.3) is 0 Å². The molecule has 19 heavy (non-hydrogen) atoms. The molecule has 0 heterocycles. The average molecular weight is 283 g/mol. The Bertz CT molecular complexity index is 535. The standard InChI is InChI=1S/C14H21NO3S/c1-3-9-15(13-7-8-13)19(17,18)14-6-4-5-12(10-14)11(2)16/h4-6,10-11,13,16H,3,7-9H2,1-2H3. The number of nitrogens with zero attached hydrogens (tertiary/aromatic N) is 1. The zero-order valence-corrected chi connectivity index (χ0v) is 12.2. The lowest BCUT2D eigenvalue weighted by molar-refractivity contribution is 0.199. The lowest BCUT2D eigenvalue weighted by atomic mass is 10.1. The maximum Gasteiger partial charge on any atom is 0.243 e. The maximum atomic E-state index is 12.6. The minimum atomic E-state index is -3.43. The van der Waals surface area contributed by atoms with Gasteiger partial charge in [-0.1, -0.05) is 19.1 Å². The lowest BCUT2D eigenvalue weighted by Gasteiger charge is -2.21. The predicted octanol–water partition coefficient (Wildman–Crippen LogP) is 2.30. The summed E-state index contributed by atoms with van der Waals surface area (Å²) in [6, 6.07) is 6.77. The van der Waals surface area contributed by atoms with E-state index in [1.165, 1.54) is 0 Å². The molecular weight excluding hydrogens is 262 g/mol. The topological polar surface area (TPSA) is 57.6 Å². The third-order valence-electron chi connectivity index (χ3n) is 3.35. The number of aliphatic hydroxyl groups is 1. The van der Waals surface area contributed by atoms with Crippen LogP contribution in [0.5, 0.6) is 0 Å². The first kappa shape index (κ1) is 14.5. The Morgan fingerprint density at radius 3 is 2.63 bits per heavy atom. The van der Waals surface area contributed by atoms with E-state index in [1.807, 2.05) is 6.92 Å². The van der Waals surface area contributed by atoms with Crippen LogP contribution < -0.4 is 0 Å². The van der Waals surface area contributed by atoms with Gasteiger partial charge in [0.15, 0.2) is 0 Å². The highest BCUT2D eigenvalue weighted by molar-refractivity contribution is 7.89. The Morgan fingerprint density at radius 1 is 1.42 bits per heavy atom. The van der Waals surface area contributed by atoms with Gasteiger partial charge in [-0.2, -0.15) is 4.31 Å². The van der Waals surface area contributed by atoms with E-state index in [0.717, 1.165) is 19.3 Å². The SMILES string of the molecule is CCCN(C1CC1)S(=O)(=O)c1cccc(C(C)O)c1. The van der Waals surface area contributed by atoms with Gasteiger partial charge in [0, 0.05) is 12.6 Å². The number of aliphatic hydroxyl groups excluding tert-OH is 1. The molecular formula is C14H21NO3S. The molecule has 4 nitrogen and oxygen atoms in total. The van der Waals surface area contributed by atoms with Crippen LogP contribution in [0.1, 0.15) is 44.8 Å². The van der Waals surface area contributed by atoms with Crippen LogP contribution in [0, 0.1) is 0 Å². The second-order valence-electron chi connectivity index (χ2n) is 5.10. The molecule has 0 aliphatic heterocycles. The van der Waals surface area contributed by atoms with E-state index < -0.39 is 16.1 Å². The fourth-order valence-corrected chi connectivity index (χ4v) is 3.98. The molecule has 1 aliphatic carbocycles. The van der Waals surface area contributed by atoms with Gasteiger partial charge in [0.1, 0.15) is 0 Å². The average Bonchev–Trinajstić information content (AvgIpc) is 3.20. The zero-order chi connectivity index (χ0) is 14.0. The van der Waals surface area contributed by atoms with Crippen LogP contribution >= 0.6 is 0 Å². The second-order valence-corrected chi connectivity index (χ2v) is 6.99. The minimum absolute atomic E-state index is 0.167. The molecule has 0 saturated heterocycles. The van der Waals surface area contributed by atoms with E-state index in [9.17, 15) is 13.5 Å². The summed E-state index contributed by atoms with van der Waals surface area (Å²) in [6.07, 6.45) is 2.06. The molecule has 1 atom stereocenters. The first-order valence-electron chi connectivity index (χ1n) is 6.76. The molecule has 1 N–H and O–H groups in total. The highest BCUT2D eigenvalue weighted by atomic mass is 32.2. The van der Waals surface area contributed by atoms with Gasteiger partial charge in [0.05, 0.1) is 11.0 Å². The number of hydrogen-bond acceptors (Lipinski definition) is 3. The van der Waals surface area contributed by atoms with E-state index in [1.54, 1.807) is 35.5 Å². The van der Waals surface area contributed by atoms with E-state index in [-0.39, 0.29) is 10.9 Å². The third kappa shape index (κ3) is 3.16. The summed E-state index contributed by atoms with van der Waals surface area (Å²) in [4.78, 5) is 0.284. The van der Waals surface area contributed by atoms with Crippen molar-refractivity contribution in [1.82, 2.24) is 4.31 Å². The molecule has 0 aromatic heterocycles. The normalized spacial score (nSPS) is 17.7. The van der Waals surface area contributed by atoms with Crippen LogP contribution in [0.2, 0.25) is 0 Å². The fourth-order valence-electron chi connectivity index (χ4n) is 2.15. The van der Waals surface area contributed by atoms with Crippen LogP contribution in [-0.4, -0.2) is 30.4 Å². The number of benzene rings is 1. The zero-order valence-electron chi connectivity index (χ0n) is 11.4. The van der Waals surface area contributed by atoms with Crippen molar-refractivity contribution >= 4 is 10.0 Å². The quantitative estimate of drug-likeness (QED) is 0.871. The van der Waals surface area contributed by atoms with Crippen molar-refractivity contribution in [2.45, 2.75) is 50.2 Å². The summed E-state index contributed by atoms with van der Waals surface area (Å²) in [7, 11) is -3.43. The van der Waals surface area contributed by atoms with Gasteiger partial charge in [0.2, 0.25) is 10.0 Å². The highest BCUT2D eigenvalue weighted by Crippen LogP contribution is 2.32. The smallest absolute Gasteiger partial charge is 0.243 e. The Morgan fingerprint density at radius 2 is 2.11 bits per heavy atom. The van der Waals surface area contributed by atoms with Crippen molar-refractivity contribution in [3.8, 4) is 0 Å². The van der Waals surface area contributed by atoms with Crippen molar-refractivity contribution in [1.29, 1.82) is 0 Å². The molecule has 0 spiro atoms. The molecule has 1 saturated carbocycles. The van der Waals surface area contributed by atoms with Crippen LogP contribution in [0.4, 0.5) is 0 Å². The number of hydrogen-bond donors (Lipinski definition) is 1. The van der Waals surface area contributed by atoms with Gasteiger partial charge < -0.3 is 5.11 Å². The predicted molar refractivity (Wildman–Crippen MR) is 74.3 cm³/mol. The van der Waals surface area contributed by atoms with Crippen molar-refractivity contribution in [2.75, 3.05) is 6.54 Å². The number of sulfonamides is 1. The molecule has 2 rings (SSSR count). The molecule has 0 radical (unpaired) electrons. The Kier molecular flexibility index (Phi) is 4.28. The van der Waals surface area contributed by atoms with Crippen molar-refractivity contribution in [2.24, 2.45) is 0 Å². The molecule has 0 amide bonds. The fraction of sp³-hybridized carbons (Fsp3) is 0.571. The first-order valence-corrected chi connectivity index (χ1v) is 8.20. The largest absolute Gasteiger partial charge is 0.389 e. The van der Waals surface area contributed by atoms with Gasteiger partial charge in [0.25, 0.3) is 0 Å². The summed E-state index contributed by atoms with van der Waals surface area (Å²) in [5.74, 6) is 0. The van der Waals surface area contributed by atoms with Crippen LogP contribution in [0.15, 0.2) is 29.2 Å². The molecule has 1 fully saturated rings. The maximum absolute atomic E-state index is 12.6. The summed E-state index contributed by atoms with van der Waals surface area (Å²) < 4.78 is 26.9. The number of rotatable bonds is 6. The third-order valence-corrected chi connectivity index (χ3v) is 5.29. The lowest BCUT2D eigenvalue weighted by Crippen LogP contribution is -2.33. The highest BCUT2D eigenvalue weighted by Gasteiger charge is 2.37. The first-order chi connectivity index (χ1) is 8.96. The van der Waals surface area contributed by atoms with E-state index in [2.05, 4.69) is 0 Å². The van der Waals surface area contributed by atoms with Gasteiger partial charge in [-0.05, 0) is 43.9 Å². The van der Waals surface area contributed by atoms with E-state index in [0.29, 0.717) is 12.1 Å². The molecule has 0 bridgehead atoms.